The number of carbonyl (C=O) groups is 2. The average Bonchev–Trinajstić information content (AvgIpc) is 0.797. The van der Waals surface area contributed by atoms with Crippen molar-refractivity contribution >= 4 is 11.8 Å². The molecule has 404 valence electrons. The normalized spacial score (nSPS) is 38.1. The molecule has 6 heterocycles. The number of alkyl halides is 4. The largest absolute Gasteiger partial charge is 0.349 e. The highest BCUT2D eigenvalue weighted by atomic mass is 19.3. The molecule has 2 aromatic heterocycles. The van der Waals surface area contributed by atoms with Crippen molar-refractivity contribution in [3.8, 4) is 0 Å². The van der Waals surface area contributed by atoms with Crippen LogP contribution in [0.1, 0.15) is 249 Å². The summed E-state index contributed by atoms with van der Waals surface area (Å²) in [7, 11) is 0. The molecule has 16 heteroatoms. The summed E-state index contributed by atoms with van der Waals surface area (Å²) in [6, 6.07) is 10.5. The lowest BCUT2D eigenvalue weighted by atomic mass is 9.86. The Morgan fingerprint density at radius 2 is 1.00 bits per heavy atom. The maximum atomic E-state index is 15.1. The number of fused-ring (bicyclic) bond motifs is 4. The van der Waals surface area contributed by atoms with Crippen molar-refractivity contribution in [3.63, 3.8) is 0 Å². The summed E-state index contributed by atoms with van der Waals surface area (Å²) in [5.74, 6) is -22.6. The predicted molar refractivity (Wildman–Crippen MR) is 279 cm³/mol. The van der Waals surface area contributed by atoms with Crippen molar-refractivity contribution in [3.05, 3.63) is 95.1 Å². The third kappa shape index (κ3) is 12.6. The maximum absolute atomic E-state index is 15.1. The van der Waals surface area contributed by atoms with Crippen LogP contribution >= 0.6 is 0 Å². The van der Waals surface area contributed by atoms with Crippen LogP contribution in [-0.2, 0) is 9.59 Å². The third-order valence-corrected chi connectivity index (χ3v) is 14.6. The summed E-state index contributed by atoms with van der Waals surface area (Å²) in [6.07, 6.45) is -24.8. The lowest BCUT2D eigenvalue weighted by molar-refractivity contribution is -0.131. The number of piperidine rings is 2. The lowest BCUT2D eigenvalue weighted by Gasteiger charge is -2.40. The molecule has 2 aliphatic carbocycles. The van der Waals surface area contributed by atoms with Gasteiger partial charge in [-0.3, -0.25) is 19.4 Å². The summed E-state index contributed by atoms with van der Waals surface area (Å²) in [6.45, 7) is -3.35. The van der Waals surface area contributed by atoms with Gasteiger partial charge in [0, 0.05) is 134 Å². The van der Waals surface area contributed by atoms with E-state index in [-0.39, 0.29) is 53.8 Å². The number of aromatic nitrogens is 6. The van der Waals surface area contributed by atoms with E-state index in [0.717, 1.165) is 0 Å². The minimum absolute atomic E-state index is 0.143. The van der Waals surface area contributed by atoms with Crippen molar-refractivity contribution in [2.24, 2.45) is 11.8 Å². The summed E-state index contributed by atoms with van der Waals surface area (Å²) in [5.41, 5.74) is 0.602. The zero-order valence-electron chi connectivity index (χ0n) is 67.8. The van der Waals surface area contributed by atoms with E-state index in [1.807, 2.05) is 0 Å². The summed E-state index contributed by atoms with van der Waals surface area (Å²) in [5, 5.41) is 20.7. The van der Waals surface area contributed by atoms with Gasteiger partial charge in [-0.25, -0.2) is 17.6 Å². The molecule has 10 rings (SSSR count). The molecule has 12 nitrogen and oxygen atoms in total. The van der Waals surface area contributed by atoms with Gasteiger partial charge in [-0.1, -0.05) is 88.4 Å². The first kappa shape index (κ1) is 30.3. The van der Waals surface area contributed by atoms with Gasteiger partial charge in [-0.2, -0.15) is 0 Å². The highest BCUT2D eigenvalue weighted by Gasteiger charge is 2.45. The Bertz CT molecular complexity index is 3520. The maximum Gasteiger partial charge on any atom is 0.248 e. The number of nitrogens with zero attached hydrogens (tertiary/aromatic N) is 8. The van der Waals surface area contributed by atoms with E-state index in [9.17, 15) is 23.9 Å². The number of aryl methyl sites for hydroxylation is 2. The Hall–Kier alpha value is -4.70. The van der Waals surface area contributed by atoms with E-state index < -0.39 is 174 Å². The van der Waals surface area contributed by atoms with Crippen molar-refractivity contribution < 1.29 is 62.8 Å². The fourth-order valence-corrected chi connectivity index (χ4v) is 11.1. The lowest BCUT2D eigenvalue weighted by Crippen LogP contribution is -2.45. The van der Waals surface area contributed by atoms with Crippen LogP contribution in [0.3, 0.4) is 0 Å². The van der Waals surface area contributed by atoms with Gasteiger partial charge in [-0.05, 0) is 115 Å². The fraction of sp³-hybridized carbons (Fsp3) is 0.690. The molecule has 2 N–H and O–H groups in total. The fourth-order valence-electron chi connectivity index (χ4n) is 11.1. The zero-order chi connectivity index (χ0) is 75.3. The average molecular weight is 1050 g/mol. The minimum atomic E-state index is -5.31. The van der Waals surface area contributed by atoms with Crippen LogP contribution in [0.15, 0.2) is 60.7 Å². The third-order valence-electron chi connectivity index (χ3n) is 14.6. The standard InChI is InChI=1S/2C29H41F2N5O/c2*1-19(2)27-34-33-20(3)36(27)25-17-23-9-10-24(18-25)35(23)16-13-26(21-7-5-4-6-8-21)32-28(37)22-11-14-29(30,31)15-12-22/h2*4-8,19,22-26H,9-18H2,1-3H3,(H,32,37)/i3D3,11D2,12D2,14D2,15D2,16D2,19D,22D;3D3,11D2,12D2,16D2,19D,22D. The summed E-state index contributed by atoms with van der Waals surface area (Å²) < 4.78 is 279. The molecular weight excluding hydrogens is 945 g/mol. The van der Waals surface area contributed by atoms with Crippen molar-refractivity contribution in [1.29, 1.82) is 0 Å². The second kappa shape index (κ2) is 23.3. The van der Waals surface area contributed by atoms with Crippen LogP contribution in [0.4, 0.5) is 17.6 Å². The number of rotatable bonds is 16. The van der Waals surface area contributed by atoms with Crippen molar-refractivity contribution in [2.45, 2.75) is 229 Å². The quantitative estimate of drug-likeness (QED) is 0.106. The topological polar surface area (TPSA) is 126 Å². The SMILES string of the molecule is [2H]C([2H])([2H])c1nnc(C([2H])(C)C)n1C1CC2CCC(C1)N2C([2H])([2H])CC(NC(=O)C1([2H])C([2H])([2H])C([2H])([2H])C(F)(F)C([2H])([2H])C1([2H])[2H])c1ccccc1.[2H]C([2H])([2H])c1nnc(C([2H])(C)C)n1C1CC2CCC(C1)N2C([2H])([2H])CC(NC(=O)C1([2H])C([2H])([2H])CC(F)(F)CC1([2H])[2H])c1ccccc1. The number of benzene rings is 2. The van der Waals surface area contributed by atoms with E-state index in [4.69, 9.17) is 30.2 Å². The van der Waals surface area contributed by atoms with Crippen molar-refractivity contribution in [1.82, 2.24) is 50.0 Å². The molecule has 4 aliphatic heterocycles. The Morgan fingerprint density at radius 1 is 0.622 bits per heavy atom. The molecule has 6 fully saturated rings. The summed E-state index contributed by atoms with van der Waals surface area (Å²) >= 11 is 0. The molecule has 6 aliphatic rings. The molecule has 0 spiro atoms. The molecule has 6 atom stereocenters. The molecule has 6 unspecified atom stereocenters. The molecule has 2 saturated carbocycles. The number of nitrogens with one attached hydrogen (secondary N) is 2. The molecule has 2 amide bonds. The Kier molecular flexibility index (Phi) is 9.53. The van der Waals surface area contributed by atoms with Gasteiger partial charge in [0.2, 0.25) is 23.7 Å². The van der Waals surface area contributed by atoms with Gasteiger partial charge in [0.1, 0.15) is 23.3 Å². The number of hydrogen-bond acceptors (Lipinski definition) is 8. The number of halogens is 4. The number of hydrogen-bond donors (Lipinski definition) is 2. The van der Waals surface area contributed by atoms with Gasteiger partial charge in [0.05, 0.1) is 12.1 Å². The van der Waals surface area contributed by atoms with E-state index >= 15 is 8.78 Å². The Morgan fingerprint density at radius 3 is 1.36 bits per heavy atom. The molecule has 74 heavy (non-hydrogen) atoms. The molecule has 4 aromatic rings. The van der Waals surface area contributed by atoms with Gasteiger partial charge in [-0.15, -0.1) is 20.4 Å². The van der Waals surface area contributed by atoms with Crippen LogP contribution in [-0.4, -0.2) is 100 Å². The second-order valence-corrected chi connectivity index (χ2v) is 20.3. The number of amides is 2. The first-order valence-corrected chi connectivity index (χ1v) is 25.2. The first-order valence-electron chi connectivity index (χ1n) is 38.2. The van der Waals surface area contributed by atoms with E-state index in [2.05, 4.69) is 31.0 Å². The zero-order valence-corrected chi connectivity index (χ0v) is 41.8. The summed E-state index contributed by atoms with van der Waals surface area (Å²) in [4.78, 5) is 31.0. The molecular formula is C58H82F4N10O2. The number of carbonyl (C=O) groups excluding carboxylic acids is 2. The van der Waals surface area contributed by atoms with Gasteiger partial charge in [0.15, 0.2) is 0 Å². The smallest absolute Gasteiger partial charge is 0.248 e. The van der Waals surface area contributed by atoms with E-state index in [0.29, 0.717) is 44.1 Å². The molecule has 0 radical (unpaired) electrons. The van der Waals surface area contributed by atoms with Crippen molar-refractivity contribution in [2.75, 3.05) is 13.0 Å². The highest BCUT2D eigenvalue weighted by Crippen LogP contribution is 2.45. The highest BCUT2D eigenvalue weighted by molar-refractivity contribution is 5.79. The molecule has 4 bridgehead atoms. The predicted octanol–water partition coefficient (Wildman–Crippen LogP) is 11.9. The Balaban J connectivity index is 0.000000234. The van der Waals surface area contributed by atoms with Crippen LogP contribution in [0, 0.1) is 25.5 Å². The van der Waals surface area contributed by atoms with Gasteiger partial charge in [0.25, 0.3) is 0 Å². The van der Waals surface area contributed by atoms with Gasteiger partial charge < -0.3 is 19.8 Å². The minimum Gasteiger partial charge on any atom is -0.349 e. The first-order chi connectivity index (χ1) is 45.2. The van der Waals surface area contributed by atoms with Crippen LogP contribution in [0.25, 0.3) is 0 Å². The van der Waals surface area contributed by atoms with E-state index in [1.165, 1.54) is 33.4 Å². The van der Waals surface area contributed by atoms with Crippen LogP contribution < -0.4 is 10.6 Å². The molecule has 4 saturated heterocycles. The Labute approximate surface area is 473 Å². The second-order valence-electron chi connectivity index (χ2n) is 20.3. The van der Waals surface area contributed by atoms with Crippen LogP contribution in [0.2, 0.25) is 0 Å². The monoisotopic (exact) mass is 1050 g/mol. The molecule has 2 aromatic carbocycles. The van der Waals surface area contributed by atoms with Gasteiger partial charge >= 0.3 is 0 Å². The van der Waals surface area contributed by atoms with Crippen LogP contribution in [0.5, 0.6) is 0 Å². The van der Waals surface area contributed by atoms with E-state index in [1.54, 1.807) is 73.9 Å².